The van der Waals surface area contributed by atoms with Crippen molar-refractivity contribution in [3.63, 3.8) is 0 Å². The zero-order valence-corrected chi connectivity index (χ0v) is 23.6. The number of hydrogen-bond acceptors (Lipinski definition) is 7. The van der Waals surface area contributed by atoms with Crippen molar-refractivity contribution < 1.29 is 27.0 Å². The molecule has 0 radical (unpaired) electrons. The van der Waals surface area contributed by atoms with Crippen molar-refractivity contribution in [3.8, 4) is 5.75 Å². The maximum absolute atomic E-state index is 13.7. The molecule has 6 rings (SSSR count). The number of nitrogens with zero attached hydrogens (tertiary/aromatic N) is 1. The Balaban J connectivity index is 1.34. The van der Waals surface area contributed by atoms with Gasteiger partial charge in [-0.15, -0.1) is 0 Å². The predicted molar refractivity (Wildman–Crippen MR) is 154 cm³/mol. The van der Waals surface area contributed by atoms with Gasteiger partial charge in [-0.3, -0.25) is 19.4 Å². The van der Waals surface area contributed by atoms with Gasteiger partial charge in [0, 0.05) is 47.3 Å². The van der Waals surface area contributed by atoms with Gasteiger partial charge in [-0.1, -0.05) is 50.2 Å². The number of carbonyl (C=O) groups excluding carboxylic acids is 3. The highest BCUT2D eigenvalue weighted by Gasteiger charge is 2.50. The fraction of sp³-hybridized carbons (Fsp3) is 0.250. The Labute approximate surface area is 238 Å². The third kappa shape index (κ3) is 4.80. The minimum absolute atomic E-state index is 0.0154. The minimum Gasteiger partial charge on any atom is -0.379 e. The summed E-state index contributed by atoms with van der Waals surface area (Å²) in [7, 11) is -4.15. The van der Waals surface area contributed by atoms with Crippen LogP contribution in [0.5, 0.6) is 5.75 Å². The summed E-state index contributed by atoms with van der Waals surface area (Å²) in [6, 6.07) is 19.6. The molecule has 1 N–H and O–H groups in total. The molecule has 8 nitrogen and oxygen atoms in total. The van der Waals surface area contributed by atoms with E-state index >= 15 is 0 Å². The van der Waals surface area contributed by atoms with Crippen molar-refractivity contribution in [2.75, 3.05) is 5.32 Å². The van der Waals surface area contributed by atoms with Gasteiger partial charge in [0.15, 0.2) is 11.6 Å². The van der Waals surface area contributed by atoms with Crippen LogP contribution >= 0.6 is 0 Å². The molecule has 41 heavy (non-hydrogen) atoms. The summed E-state index contributed by atoms with van der Waals surface area (Å²) in [5, 5.41) is 2.59. The van der Waals surface area contributed by atoms with Gasteiger partial charge in [-0.2, -0.15) is 8.42 Å². The molecule has 0 saturated heterocycles. The van der Waals surface area contributed by atoms with Crippen LogP contribution in [0.15, 0.2) is 94.0 Å². The second kappa shape index (κ2) is 9.62. The number of nitrogens with one attached hydrogen (secondary N) is 1. The third-order valence-corrected chi connectivity index (χ3v) is 9.01. The van der Waals surface area contributed by atoms with Gasteiger partial charge in [0.1, 0.15) is 10.6 Å². The smallest absolute Gasteiger partial charge is 0.339 e. The van der Waals surface area contributed by atoms with Crippen LogP contribution in [0.1, 0.15) is 61.0 Å². The van der Waals surface area contributed by atoms with Crippen LogP contribution in [0.2, 0.25) is 0 Å². The minimum atomic E-state index is -4.15. The highest BCUT2D eigenvalue weighted by molar-refractivity contribution is 7.87. The highest BCUT2D eigenvalue weighted by Crippen LogP contribution is 2.51. The number of rotatable bonds is 5. The quantitative estimate of drug-likeness (QED) is 0.409. The summed E-state index contributed by atoms with van der Waals surface area (Å²) in [6.07, 6.45) is 0.985. The average Bonchev–Trinajstić information content (AvgIpc) is 3.19. The first-order valence-electron chi connectivity index (χ1n) is 13.3. The summed E-state index contributed by atoms with van der Waals surface area (Å²) < 4.78 is 31.2. The van der Waals surface area contributed by atoms with Crippen LogP contribution in [0.25, 0.3) is 0 Å². The number of benzene rings is 3. The lowest BCUT2D eigenvalue weighted by Crippen LogP contribution is -2.37. The molecule has 9 heteroatoms. The van der Waals surface area contributed by atoms with Gasteiger partial charge in [-0.25, -0.2) is 0 Å². The molecule has 0 aromatic heterocycles. The van der Waals surface area contributed by atoms with Crippen molar-refractivity contribution >= 4 is 39.0 Å². The van der Waals surface area contributed by atoms with Crippen molar-refractivity contribution in [3.05, 3.63) is 101 Å². The number of allylic oxidation sites excluding steroid dienone is 2. The lowest BCUT2D eigenvalue weighted by molar-refractivity contribution is -0.118. The molecule has 1 heterocycles. The molecule has 2 aliphatic carbocycles. The van der Waals surface area contributed by atoms with Crippen molar-refractivity contribution in [2.45, 2.75) is 44.4 Å². The van der Waals surface area contributed by atoms with Gasteiger partial charge in [0.2, 0.25) is 5.91 Å². The van der Waals surface area contributed by atoms with Crippen LogP contribution in [0, 0.1) is 11.3 Å². The third-order valence-electron chi connectivity index (χ3n) is 7.75. The van der Waals surface area contributed by atoms with Crippen molar-refractivity contribution in [1.29, 1.82) is 0 Å². The van der Waals surface area contributed by atoms with Gasteiger partial charge < -0.3 is 9.50 Å². The number of amides is 1. The molecule has 1 amide bonds. The monoisotopic (exact) mass is 568 g/mol. The molecule has 0 bridgehead atoms. The molecule has 0 fully saturated rings. The molecule has 1 aliphatic heterocycles. The van der Waals surface area contributed by atoms with E-state index < -0.39 is 22.0 Å². The van der Waals surface area contributed by atoms with E-state index in [0.717, 1.165) is 11.3 Å². The predicted octanol–water partition coefficient (Wildman–Crippen LogP) is 5.45. The largest absolute Gasteiger partial charge is 0.379 e. The van der Waals surface area contributed by atoms with Crippen LogP contribution < -0.4 is 9.50 Å². The zero-order chi connectivity index (χ0) is 29.1. The van der Waals surface area contributed by atoms with Gasteiger partial charge in [-0.05, 0) is 53.8 Å². The number of carbonyl (C=O) groups is 3. The topological polar surface area (TPSA) is 119 Å². The van der Waals surface area contributed by atoms with Gasteiger partial charge in [0.05, 0.1) is 11.6 Å². The summed E-state index contributed by atoms with van der Waals surface area (Å²) in [5.74, 6) is -1.42. The van der Waals surface area contributed by atoms with Crippen LogP contribution in [-0.2, 0) is 19.7 Å². The average molecular weight is 569 g/mol. The molecule has 3 aromatic rings. The molecule has 3 aromatic carbocycles. The SMILES string of the molecule is CC(=O)Nc1ccc(S(=O)(=O)Oc2ccc(C3C4=C(CC(C)(C)CC4=O)N=C4c5ccccc5C(=O)C43)cc2)cc1. The zero-order valence-electron chi connectivity index (χ0n) is 22.8. The molecule has 2 atom stereocenters. The number of ketones is 2. The lowest BCUT2D eigenvalue weighted by Gasteiger charge is -2.38. The summed E-state index contributed by atoms with van der Waals surface area (Å²) in [4.78, 5) is 43.3. The van der Waals surface area contributed by atoms with E-state index in [1.807, 2.05) is 32.0 Å². The fourth-order valence-corrected chi connectivity index (χ4v) is 6.99. The Hall–Kier alpha value is -4.37. The van der Waals surface area contributed by atoms with E-state index in [1.54, 1.807) is 18.2 Å². The molecule has 2 unspecified atom stereocenters. The normalized spacial score (nSPS) is 21.0. The first-order chi connectivity index (χ1) is 19.4. The number of fused-ring (bicyclic) bond motifs is 3. The van der Waals surface area contributed by atoms with Gasteiger partial charge >= 0.3 is 10.1 Å². The second-order valence-corrected chi connectivity index (χ2v) is 13.0. The number of anilines is 1. The lowest BCUT2D eigenvalue weighted by atomic mass is 9.66. The van der Waals surface area contributed by atoms with E-state index in [0.29, 0.717) is 40.9 Å². The van der Waals surface area contributed by atoms with Crippen LogP contribution in [-0.4, -0.2) is 31.6 Å². The first kappa shape index (κ1) is 26.8. The molecule has 208 valence electrons. The Kier molecular flexibility index (Phi) is 6.30. The Morgan fingerprint density at radius 3 is 2.22 bits per heavy atom. The highest BCUT2D eigenvalue weighted by atomic mass is 32.2. The van der Waals surface area contributed by atoms with Crippen molar-refractivity contribution in [2.24, 2.45) is 16.3 Å². The molecule has 0 saturated carbocycles. The van der Waals surface area contributed by atoms with E-state index in [-0.39, 0.29) is 33.5 Å². The molecular weight excluding hydrogens is 540 g/mol. The summed E-state index contributed by atoms with van der Waals surface area (Å²) in [6.45, 7) is 5.45. The van der Waals surface area contributed by atoms with Crippen LogP contribution in [0.4, 0.5) is 5.69 Å². The standard InChI is InChI=1S/C32H28N2O6S/c1-18(35)33-20-10-14-22(15-11-20)41(38,39)40-21-12-8-19(9-13-21)27-28-25(16-32(2,3)17-26(28)36)34-30-23-6-4-5-7-24(23)31(37)29(27)30/h4-15,27,29H,16-17H2,1-3H3,(H,33,35). The van der Waals surface area contributed by atoms with Crippen LogP contribution in [0.3, 0.4) is 0 Å². The second-order valence-electron chi connectivity index (χ2n) is 11.5. The number of Topliss-reactive ketones (excluding diaryl/α,β-unsaturated/α-hetero) is 2. The maximum Gasteiger partial charge on any atom is 0.339 e. The van der Waals surface area contributed by atoms with E-state index in [9.17, 15) is 22.8 Å². The molecule has 0 spiro atoms. The Morgan fingerprint density at radius 2 is 1.56 bits per heavy atom. The van der Waals surface area contributed by atoms with E-state index in [2.05, 4.69) is 5.32 Å². The van der Waals surface area contributed by atoms with Crippen molar-refractivity contribution in [1.82, 2.24) is 0 Å². The summed E-state index contributed by atoms with van der Waals surface area (Å²) >= 11 is 0. The molecule has 3 aliphatic rings. The van der Waals surface area contributed by atoms with Gasteiger partial charge in [0.25, 0.3) is 0 Å². The fourth-order valence-electron chi connectivity index (χ4n) is 6.06. The van der Waals surface area contributed by atoms with E-state index in [4.69, 9.17) is 9.18 Å². The number of hydrogen-bond donors (Lipinski definition) is 1. The van der Waals surface area contributed by atoms with E-state index in [1.165, 1.54) is 43.3 Å². The first-order valence-corrected chi connectivity index (χ1v) is 14.7. The summed E-state index contributed by atoms with van der Waals surface area (Å²) in [5.41, 5.74) is 4.31. The Morgan fingerprint density at radius 1 is 0.902 bits per heavy atom. The molecular formula is C32H28N2O6S. The number of aliphatic imine (C=N–C) groups is 1. The maximum atomic E-state index is 13.7. The Bertz CT molecular complexity index is 1780.